The summed E-state index contributed by atoms with van der Waals surface area (Å²) >= 11 is 3.20. The lowest BCUT2D eigenvalue weighted by atomic mass is 10.1. The van der Waals surface area contributed by atoms with Crippen LogP contribution in [0.1, 0.15) is 20.7 Å². The zero-order chi connectivity index (χ0) is 16.3. The summed E-state index contributed by atoms with van der Waals surface area (Å²) in [7, 11) is 3.29. The maximum atomic E-state index is 13.7. The predicted octanol–water partition coefficient (Wildman–Crippen LogP) is 3.54. The first-order valence-electron chi connectivity index (χ1n) is 6.46. The number of nitrogens with one attached hydrogen (secondary N) is 1. The summed E-state index contributed by atoms with van der Waals surface area (Å²) in [5.74, 6) is -1.36. The standard InChI is InChI=1S/C16H14BrFN2O2/c1-20(2)16(22)10-4-3-5-12(8-10)19-15(21)13-9-11(17)6-7-14(13)18/h3-9H,1-2H3,(H,19,21). The molecule has 4 nitrogen and oxygen atoms in total. The van der Waals surface area contributed by atoms with Crippen molar-refractivity contribution < 1.29 is 14.0 Å². The summed E-state index contributed by atoms with van der Waals surface area (Å²) in [6.07, 6.45) is 0. The molecule has 2 rings (SSSR count). The second-order valence-corrected chi connectivity index (χ2v) is 5.77. The summed E-state index contributed by atoms with van der Waals surface area (Å²) in [5, 5.41) is 2.59. The number of hydrogen-bond donors (Lipinski definition) is 1. The van der Waals surface area contributed by atoms with E-state index in [-0.39, 0.29) is 11.5 Å². The molecule has 0 saturated heterocycles. The van der Waals surface area contributed by atoms with Gasteiger partial charge in [-0.1, -0.05) is 22.0 Å². The fourth-order valence-corrected chi connectivity index (χ4v) is 2.22. The summed E-state index contributed by atoms with van der Waals surface area (Å²) in [6, 6.07) is 10.6. The molecule has 0 saturated carbocycles. The topological polar surface area (TPSA) is 49.4 Å². The van der Waals surface area contributed by atoms with Crippen molar-refractivity contribution in [3.63, 3.8) is 0 Å². The van der Waals surface area contributed by atoms with Crippen molar-refractivity contribution in [2.75, 3.05) is 19.4 Å². The van der Waals surface area contributed by atoms with Crippen LogP contribution in [0, 0.1) is 5.82 Å². The zero-order valence-electron chi connectivity index (χ0n) is 12.1. The zero-order valence-corrected chi connectivity index (χ0v) is 13.6. The van der Waals surface area contributed by atoms with Gasteiger partial charge in [0.15, 0.2) is 0 Å². The Kier molecular flexibility index (Phi) is 4.92. The number of hydrogen-bond acceptors (Lipinski definition) is 2. The fourth-order valence-electron chi connectivity index (χ4n) is 1.86. The van der Waals surface area contributed by atoms with E-state index in [1.165, 1.54) is 23.1 Å². The first kappa shape index (κ1) is 16.2. The number of halogens is 2. The highest BCUT2D eigenvalue weighted by Crippen LogP contribution is 2.18. The molecule has 0 radical (unpaired) electrons. The molecule has 1 N–H and O–H groups in total. The van der Waals surface area contributed by atoms with Gasteiger partial charge >= 0.3 is 0 Å². The summed E-state index contributed by atoms with van der Waals surface area (Å²) in [6.45, 7) is 0. The van der Waals surface area contributed by atoms with Crippen LogP contribution in [0.2, 0.25) is 0 Å². The summed E-state index contributed by atoms with van der Waals surface area (Å²) < 4.78 is 14.3. The van der Waals surface area contributed by atoms with Crippen LogP contribution in [-0.2, 0) is 0 Å². The van der Waals surface area contributed by atoms with E-state index in [4.69, 9.17) is 0 Å². The smallest absolute Gasteiger partial charge is 0.258 e. The van der Waals surface area contributed by atoms with E-state index >= 15 is 0 Å². The number of nitrogens with zero attached hydrogens (tertiary/aromatic N) is 1. The van der Waals surface area contributed by atoms with Crippen molar-refractivity contribution in [2.45, 2.75) is 0 Å². The van der Waals surface area contributed by atoms with Gasteiger partial charge in [0, 0.05) is 29.8 Å². The molecule has 6 heteroatoms. The molecule has 2 aromatic rings. The minimum Gasteiger partial charge on any atom is -0.345 e. The maximum absolute atomic E-state index is 13.7. The second-order valence-electron chi connectivity index (χ2n) is 4.86. The van der Waals surface area contributed by atoms with Crippen molar-refractivity contribution in [1.29, 1.82) is 0 Å². The molecule has 0 aliphatic carbocycles. The van der Waals surface area contributed by atoms with Gasteiger partial charge in [0.1, 0.15) is 5.82 Å². The predicted molar refractivity (Wildman–Crippen MR) is 86.5 cm³/mol. The van der Waals surface area contributed by atoms with Crippen LogP contribution >= 0.6 is 15.9 Å². The lowest BCUT2D eigenvalue weighted by molar-refractivity contribution is 0.0827. The van der Waals surface area contributed by atoms with Crippen LogP contribution in [-0.4, -0.2) is 30.8 Å². The largest absolute Gasteiger partial charge is 0.345 e. The monoisotopic (exact) mass is 364 g/mol. The molecule has 2 aromatic carbocycles. The lowest BCUT2D eigenvalue weighted by Crippen LogP contribution is -2.22. The first-order valence-corrected chi connectivity index (χ1v) is 7.26. The number of amides is 2. The van der Waals surface area contributed by atoms with Crippen molar-refractivity contribution in [3.8, 4) is 0 Å². The van der Waals surface area contributed by atoms with Crippen LogP contribution in [0.5, 0.6) is 0 Å². The van der Waals surface area contributed by atoms with Gasteiger partial charge in [-0.25, -0.2) is 4.39 Å². The summed E-state index contributed by atoms with van der Waals surface area (Å²) in [5.41, 5.74) is 0.799. The number of carbonyl (C=O) groups is 2. The molecule has 0 fully saturated rings. The van der Waals surface area contributed by atoms with Gasteiger partial charge in [0.2, 0.25) is 0 Å². The van der Waals surface area contributed by atoms with Crippen molar-refractivity contribution in [2.24, 2.45) is 0 Å². The molecule has 0 aromatic heterocycles. The molecule has 0 bridgehead atoms. The number of rotatable bonds is 3. The average Bonchev–Trinajstić information content (AvgIpc) is 2.49. The highest BCUT2D eigenvalue weighted by molar-refractivity contribution is 9.10. The van der Waals surface area contributed by atoms with Gasteiger partial charge in [-0.05, 0) is 36.4 Å². The van der Waals surface area contributed by atoms with E-state index in [9.17, 15) is 14.0 Å². The Bertz CT molecular complexity index is 732. The highest BCUT2D eigenvalue weighted by atomic mass is 79.9. The molecule has 0 spiro atoms. The molecule has 114 valence electrons. The molecule has 0 heterocycles. The van der Waals surface area contributed by atoms with Gasteiger partial charge < -0.3 is 10.2 Å². The van der Waals surface area contributed by atoms with E-state index in [0.29, 0.717) is 15.7 Å². The third-order valence-electron chi connectivity index (χ3n) is 2.95. The Labute approximate surface area is 136 Å². The number of carbonyl (C=O) groups excluding carboxylic acids is 2. The molecule has 0 unspecified atom stereocenters. The van der Waals surface area contributed by atoms with E-state index in [1.807, 2.05) is 0 Å². The van der Waals surface area contributed by atoms with E-state index in [2.05, 4.69) is 21.2 Å². The van der Waals surface area contributed by atoms with E-state index in [1.54, 1.807) is 38.4 Å². The normalized spacial score (nSPS) is 10.2. The molecular weight excluding hydrogens is 351 g/mol. The quantitative estimate of drug-likeness (QED) is 0.905. The molecule has 22 heavy (non-hydrogen) atoms. The van der Waals surface area contributed by atoms with E-state index in [0.717, 1.165) is 0 Å². The van der Waals surface area contributed by atoms with Crippen LogP contribution in [0.25, 0.3) is 0 Å². The van der Waals surface area contributed by atoms with Crippen LogP contribution in [0.4, 0.5) is 10.1 Å². The third-order valence-corrected chi connectivity index (χ3v) is 3.44. The van der Waals surface area contributed by atoms with Crippen molar-refractivity contribution in [1.82, 2.24) is 4.90 Å². The molecule has 0 atom stereocenters. The average molecular weight is 365 g/mol. The fraction of sp³-hybridized carbons (Fsp3) is 0.125. The molecule has 0 aliphatic rings. The Hall–Kier alpha value is -2.21. The first-order chi connectivity index (χ1) is 10.4. The van der Waals surface area contributed by atoms with Gasteiger partial charge in [-0.2, -0.15) is 0 Å². The van der Waals surface area contributed by atoms with Crippen LogP contribution < -0.4 is 5.32 Å². The molecule has 2 amide bonds. The van der Waals surface area contributed by atoms with Gasteiger partial charge in [-0.3, -0.25) is 9.59 Å². The molecule has 0 aliphatic heterocycles. The molecular formula is C16H14BrFN2O2. The van der Waals surface area contributed by atoms with E-state index < -0.39 is 11.7 Å². The maximum Gasteiger partial charge on any atom is 0.258 e. The minimum absolute atomic E-state index is 0.0706. The van der Waals surface area contributed by atoms with Gasteiger partial charge in [0.05, 0.1) is 5.56 Å². The second kappa shape index (κ2) is 6.70. The Balaban J connectivity index is 2.24. The number of benzene rings is 2. The lowest BCUT2D eigenvalue weighted by Gasteiger charge is -2.12. The van der Waals surface area contributed by atoms with Gasteiger partial charge in [0.25, 0.3) is 11.8 Å². The minimum atomic E-state index is -0.610. The summed E-state index contributed by atoms with van der Waals surface area (Å²) in [4.78, 5) is 25.5. The Morgan fingerprint density at radius 1 is 1.14 bits per heavy atom. The Morgan fingerprint density at radius 2 is 1.86 bits per heavy atom. The van der Waals surface area contributed by atoms with Crippen molar-refractivity contribution in [3.05, 3.63) is 63.9 Å². The SMILES string of the molecule is CN(C)C(=O)c1cccc(NC(=O)c2cc(Br)ccc2F)c1. The van der Waals surface area contributed by atoms with Gasteiger partial charge in [-0.15, -0.1) is 0 Å². The van der Waals surface area contributed by atoms with Crippen LogP contribution in [0.15, 0.2) is 46.9 Å². The van der Waals surface area contributed by atoms with Crippen molar-refractivity contribution >= 4 is 33.4 Å². The highest BCUT2D eigenvalue weighted by Gasteiger charge is 2.14. The third kappa shape index (κ3) is 3.71. The van der Waals surface area contributed by atoms with Crippen LogP contribution in [0.3, 0.4) is 0 Å². The Morgan fingerprint density at radius 3 is 2.55 bits per heavy atom. The number of anilines is 1.